The highest BCUT2D eigenvalue weighted by Gasteiger charge is 2.25. The van der Waals surface area contributed by atoms with E-state index < -0.39 is 5.60 Å². The zero-order chi connectivity index (χ0) is 16.0. The molecule has 2 N–H and O–H groups in total. The Labute approximate surface area is 135 Å². The number of allylic oxidation sites excluding steroid dienone is 2. The summed E-state index contributed by atoms with van der Waals surface area (Å²) in [5.74, 6) is 0.808. The fourth-order valence-electron chi connectivity index (χ4n) is 3.29. The summed E-state index contributed by atoms with van der Waals surface area (Å²) < 4.78 is 5.32. The highest BCUT2D eigenvalue weighted by molar-refractivity contribution is 5.68. The maximum absolute atomic E-state index is 11.8. The van der Waals surface area contributed by atoms with Gasteiger partial charge in [0.05, 0.1) is 0 Å². The second-order valence-corrected chi connectivity index (χ2v) is 7.75. The van der Waals surface area contributed by atoms with Crippen LogP contribution in [0.1, 0.15) is 65.7 Å². The van der Waals surface area contributed by atoms with Crippen LogP contribution >= 0.6 is 0 Å². The van der Waals surface area contributed by atoms with Gasteiger partial charge in [-0.05, 0) is 78.2 Å². The van der Waals surface area contributed by atoms with Crippen LogP contribution in [0.3, 0.4) is 0 Å². The molecule has 0 heterocycles. The second kappa shape index (κ2) is 8.00. The van der Waals surface area contributed by atoms with Crippen LogP contribution < -0.4 is 10.6 Å². The van der Waals surface area contributed by atoms with Gasteiger partial charge >= 0.3 is 6.09 Å². The van der Waals surface area contributed by atoms with Crippen LogP contribution in [-0.2, 0) is 4.74 Å². The van der Waals surface area contributed by atoms with Crippen molar-refractivity contribution >= 4 is 6.09 Å². The fourth-order valence-corrected chi connectivity index (χ4v) is 3.29. The Morgan fingerprint density at radius 1 is 1.09 bits per heavy atom. The van der Waals surface area contributed by atoms with Crippen molar-refractivity contribution in [2.75, 3.05) is 6.54 Å². The number of carbonyl (C=O) groups is 1. The van der Waals surface area contributed by atoms with Crippen molar-refractivity contribution in [1.29, 1.82) is 0 Å². The number of ether oxygens (including phenoxy) is 1. The standard InChI is InChI=1S/C18H32N2O2/c1-18(2,3)22-17(21)20-16-11-9-15(10-12-16)19-13-14-7-5-4-6-8-14/h4-5,14-16,19H,6-13H2,1-3H3,(H,20,21). The van der Waals surface area contributed by atoms with Crippen LogP contribution in [0, 0.1) is 5.92 Å². The predicted octanol–water partition coefficient (Wildman–Crippen LogP) is 3.77. The first-order valence-corrected chi connectivity index (χ1v) is 8.80. The van der Waals surface area contributed by atoms with Gasteiger partial charge in [0.15, 0.2) is 0 Å². The van der Waals surface area contributed by atoms with Crippen molar-refractivity contribution in [3.8, 4) is 0 Å². The quantitative estimate of drug-likeness (QED) is 0.777. The SMILES string of the molecule is CC(C)(C)OC(=O)NC1CCC(NCC2CC=CCC2)CC1. The molecule has 1 amide bonds. The van der Waals surface area contributed by atoms with E-state index in [1.807, 2.05) is 20.8 Å². The molecule has 1 saturated carbocycles. The summed E-state index contributed by atoms with van der Waals surface area (Å²) in [6.07, 6.45) is 12.5. The summed E-state index contributed by atoms with van der Waals surface area (Å²) in [6, 6.07) is 0.883. The third-order valence-corrected chi connectivity index (χ3v) is 4.52. The zero-order valence-electron chi connectivity index (χ0n) is 14.4. The largest absolute Gasteiger partial charge is 0.444 e. The summed E-state index contributed by atoms with van der Waals surface area (Å²) >= 11 is 0. The monoisotopic (exact) mass is 308 g/mol. The van der Waals surface area contributed by atoms with Crippen molar-refractivity contribution < 1.29 is 9.53 Å². The smallest absolute Gasteiger partial charge is 0.407 e. The van der Waals surface area contributed by atoms with E-state index in [-0.39, 0.29) is 12.1 Å². The molecule has 0 aromatic heterocycles. The number of nitrogens with one attached hydrogen (secondary N) is 2. The molecule has 4 heteroatoms. The first kappa shape index (κ1) is 17.3. The van der Waals surface area contributed by atoms with Crippen LogP contribution in [0.25, 0.3) is 0 Å². The molecule has 2 aliphatic rings. The minimum absolute atomic E-state index is 0.269. The molecule has 0 aromatic rings. The minimum Gasteiger partial charge on any atom is -0.444 e. The summed E-state index contributed by atoms with van der Waals surface area (Å²) in [7, 11) is 0. The third kappa shape index (κ3) is 6.39. The highest BCUT2D eigenvalue weighted by atomic mass is 16.6. The number of carbonyl (C=O) groups excluding carboxylic acids is 1. The molecule has 1 unspecified atom stereocenters. The summed E-state index contributed by atoms with van der Waals surface area (Å²) in [5, 5.41) is 6.73. The average Bonchev–Trinajstić information content (AvgIpc) is 2.45. The lowest BCUT2D eigenvalue weighted by Gasteiger charge is -2.31. The molecule has 0 radical (unpaired) electrons. The number of rotatable bonds is 4. The van der Waals surface area contributed by atoms with E-state index in [9.17, 15) is 4.79 Å². The Morgan fingerprint density at radius 3 is 2.36 bits per heavy atom. The molecule has 22 heavy (non-hydrogen) atoms. The lowest BCUT2D eigenvalue weighted by Crippen LogP contribution is -2.44. The molecule has 1 atom stereocenters. The van der Waals surface area contributed by atoms with Crippen molar-refractivity contribution in [3.05, 3.63) is 12.2 Å². The third-order valence-electron chi connectivity index (χ3n) is 4.52. The lowest BCUT2D eigenvalue weighted by molar-refractivity contribution is 0.0489. The first-order chi connectivity index (χ1) is 10.4. The Kier molecular flexibility index (Phi) is 6.30. The van der Waals surface area contributed by atoms with Gasteiger partial charge in [0.1, 0.15) is 5.60 Å². The van der Waals surface area contributed by atoms with Gasteiger partial charge in [-0.3, -0.25) is 0 Å². The molecule has 2 rings (SSSR count). The van der Waals surface area contributed by atoms with Crippen molar-refractivity contribution in [2.45, 2.75) is 83.4 Å². The topological polar surface area (TPSA) is 50.4 Å². The lowest BCUT2D eigenvalue weighted by atomic mass is 9.89. The normalized spacial score (nSPS) is 29.1. The molecule has 0 aromatic carbocycles. The van der Waals surface area contributed by atoms with Gasteiger partial charge in [-0.15, -0.1) is 0 Å². The minimum atomic E-state index is -0.419. The van der Waals surface area contributed by atoms with Crippen LogP contribution in [0.2, 0.25) is 0 Å². The molecule has 0 aliphatic heterocycles. The second-order valence-electron chi connectivity index (χ2n) is 7.75. The van der Waals surface area contributed by atoms with Gasteiger partial charge in [-0.1, -0.05) is 12.2 Å². The maximum Gasteiger partial charge on any atom is 0.407 e. The van der Waals surface area contributed by atoms with Gasteiger partial charge < -0.3 is 15.4 Å². The Morgan fingerprint density at radius 2 is 1.77 bits per heavy atom. The Hall–Kier alpha value is -1.03. The summed E-state index contributed by atoms with van der Waals surface area (Å²) in [6.45, 7) is 6.83. The molecular formula is C18H32N2O2. The van der Waals surface area contributed by atoms with E-state index in [2.05, 4.69) is 22.8 Å². The Balaban J connectivity index is 1.61. The van der Waals surface area contributed by atoms with E-state index in [0.717, 1.165) is 38.1 Å². The number of alkyl carbamates (subject to hydrolysis) is 1. The van der Waals surface area contributed by atoms with E-state index in [1.165, 1.54) is 19.3 Å². The van der Waals surface area contributed by atoms with Crippen molar-refractivity contribution in [3.63, 3.8) is 0 Å². The van der Waals surface area contributed by atoms with Gasteiger partial charge in [0, 0.05) is 12.1 Å². The van der Waals surface area contributed by atoms with Gasteiger partial charge in [0.2, 0.25) is 0 Å². The van der Waals surface area contributed by atoms with E-state index in [0.29, 0.717) is 6.04 Å². The van der Waals surface area contributed by atoms with Gasteiger partial charge in [0.25, 0.3) is 0 Å². The molecule has 2 aliphatic carbocycles. The molecule has 0 bridgehead atoms. The van der Waals surface area contributed by atoms with E-state index >= 15 is 0 Å². The van der Waals surface area contributed by atoms with Crippen LogP contribution in [-0.4, -0.2) is 30.3 Å². The number of hydrogen-bond donors (Lipinski definition) is 2. The molecule has 4 nitrogen and oxygen atoms in total. The summed E-state index contributed by atoms with van der Waals surface area (Å²) in [4.78, 5) is 11.8. The number of hydrogen-bond acceptors (Lipinski definition) is 3. The molecular weight excluding hydrogens is 276 g/mol. The fraction of sp³-hybridized carbons (Fsp3) is 0.833. The molecule has 126 valence electrons. The van der Waals surface area contributed by atoms with Crippen molar-refractivity contribution in [1.82, 2.24) is 10.6 Å². The predicted molar refractivity (Wildman–Crippen MR) is 89.9 cm³/mol. The van der Waals surface area contributed by atoms with Crippen LogP contribution in [0.15, 0.2) is 12.2 Å². The Bertz CT molecular complexity index is 379. The molecule has 0 spiro atoms. The number of amides is 1. The van der Waals surface area contributed by atoms with E-state index in [1.54, 1.807) is 0 Å². The highest BCUT2D eigenvalue weighted by Crippen LogP contribution is 2.21. The van der Waals surface area contributed by atoms with Gasteiger partial charge in [-0.2, -0.15) is 0 Å². The zero-order valence-corrected chi connectivity index (χ0v) is 14.4. The van der Waals surface area contributed by atoms with Crippen molar-refractivity contribution in [2.24, 2.45) is 5.92 Å². The molecule has 0 saturated heterocycles. The van der Waals surface area contributed by atoms with Crippen LogP contribution in [0.5, 0.6) is 0 Å². The van der Waals surface area contributed by atoms with E-state index in [4.69, 9.17) is 4.74 Å². The first-order valence-electron chi connectivity index (χ1n) is 8.80. The average molecular weight is 308 g/mol. The van der Waals surface area contributed by atoms with Crippen LogP contribution in [0.4, 0.5) is 4.79 Å². The van der Waals surface area contributed by atoms with Gasteiger partial charge in [-0.25, -0.2) is 4.79 Å². The summed E-state index contributed by atoms with van der Waals surface area (Å²) in [5.41, 5.74) is -0.419. The molecule has 1 fully saturated rings. The maximum atomic E-state index is 11.8.